The summed E-state index contributed by atoms with van der Waals surface area (Å²) in [6, 6.07) is 0. The number of rotatable bonds is 6. The van der Waals surface area contributed by atoms with Crippen LogP contribution in [0.1, 0.15) is 32.6 Å². The Morgan fingerprint density at radius 2 is 1.45 bits per heavy atom. The van der Waals surface area contributed by atoms with Gasteiger partial charge in [0.2, 0.25) is 0 Å². The van der Waals surface area contributed by atoms with Crippen LogP contribution in [0.15, 0.2) is 48.1 Å². The van der Waals surface area contributed by atoms with Crippen LogP contribution in [-0.2, 0) is 0 Å². The van der Waals surface area contributed by atoms with E-state index >= 15 is 0 Å². The SMILES string of the molecule is CCCCCC(C1(N)C=C(N)C=CN1)C1(N)C=C(N)C=CN1. The van der Waals surface area contributed by atoms with E-state index in [9.17, 15) is 0 Å². The van der Waals surface area contributed by atoms with Gasteiger partial charge in [0.05, 0.1) is 0 Å². The third kappa shape index (κ3) is 3.45. The first kappa shape index (κ1) is 16.5. The molecule has 6 heteroatoms. The minimum absolute atomic E-state index is 0.112. The summed E-state index contributed by atoms with van der Waals surface area (Å²) < 4.78 is 0. The van der Waals surface area contributed by atoms with Gasteiger partial charge in [0.15, 0.2) is 0 Å². The van der Waals surface area contributed by atoms with Gasteiger partial charge >= 0.3 is 0 Å². The number of unbranched alkanes of at least 4 members (excludes halogenated alkanes) is 2. The molecule has 10 N–H and O–H groups in total. The summed E-state index contributed by atoms with van der Waals surface area (Å²) >= 11 is 0. The molecule has 22 heavy (non-hydrogen) atoms. The van der Waals surface area contributed by atoms with Crippen molar-refractivity contribution < 1.29 is 0 Å². The van der Waals surface area contributed by atoms with Crippen molar-refractivity contribution in [3.63, 3.8) is 0 Å². The molecule has 0 aromatic rings. The summed E-state index contributed by atoms with van der Waals surface area (Å²) in [5.74, 6) is -0.112. The molecule has 2 rings (SSSR count). The van der Waals surface area contributed by atoms with Gasteiger partial charge in [-0.1, -0.05) is 26.2 Å². The normalized spacial score (nSPS) is 31.8. The van der Waals surface area contributed by atoms with Crippen LogP contribution in [0.4, 0.5) is 0 Å². The number of hydrogen-bond donors (Lipinski definition) is 6. The van der Waals surface area contributed by atoms with Crippen molar-refractivity contribution in [2.24, 2.45) is 28.9 Å². The van der Waals surface area contributed by atoms with Crippen molar-refractivity contribution in [2.75, 3.05) is 0 Å². The molecular formula is C16H28N6. The zero-order valence-electron chi connectivity index (χ0n) is 13.2. The molecule has 0 bridgehead atoms. The summed E-state index contributed by atoms with van der Waals surface area (Å²) in [5, 5.41) is 6.43. The monoisotopic (exact) mass is 304 g/mol. The van der Waals surface area contributed by atoms with E-state index in [-0.39, 0.29) is 5.92 Å². The van der Waals surface area contributed by atoms with Gasteiger partial charge in [0, 0.05) is 29.7 Å². The minimum atomic E-state index is -0.823. The molecule has 0 radical (unpaired) electrons. The van der Waals surface area contributed by atoms with E-state index in [1.807, 2.05) is 12.2 Å². The second kappa shape index (κ2) is 6.46. The molecule has 0 aromatic carbocycles. The second-order valence-electron chi connectivity index (χ2n) is 6.16. The van der Waals surface area contributed by atoms with E-state index < -0.39 is 11.3 Å². The molecule has 0 aromatic heterocycles. The number of nitrogens with one attached hydrogen (secondary N) is 2. The molecule has 0 aliphatic carbocycles. The maximum absolute atomic E-state index is 6.60. The Kier molecular flexibility index (Phi) is 4.83. The van der Waals surface area contributed by atoms with Crippen LogP contribution in [0, 0.1) is 5.92 Å². The molecule has 2 unspecified atom stereocenters. The highest BCUT2D eigenvalue weighted by atomic mass is 15.2. The molecular weight excluding hydrogens is 276 g/mol. The minimum Gasteiger partial charge on any atom is -0.399 e. The summed E-state index contributed by atoms with van der Waals surface area (Å²) in [7, 11) is 0. The molecule has 6 nitrogen and oxygen atoms in total. The maximum Gasteiger partial charge on any atom is 0.114 e. The molecule has 0 saturated carbocycles. The average Bonchev–Trinajstić information content (AvgIpc) is 2.42. The molecule has 2 heterocycles. The predicted octanol–water partition coefficient (Wildman–Crippen LogP) is 0.412. The van der Waals surface area contributed by atoms with E-state index in [4.69, 9.17) is 22.9 Å². The lowest BCUT2D eigenvalue weighted by Crippen LogP contribution is -2.70. The Balaban J connectivity index is 2.31. The summed E-state index contributed by atoms with van der Waals surface area (Å²) in [5.41, 5.74) is 24.7. The lowest BCUT2D eigenvalue weighted by atomic mass is 9.76. The Labute approximate surface area is 132 Å². The van der Waals surface area contributed by atoms with Crippen LogP contribution in [-0.4, -0.2) is 11.3 Å². The van der Waals surface area contributed by atoms with E-state index in [0.717, 1.165) is 25.7 Å². The summed E-state index contributed by atoms with van der Waals surface area (Å²) in [6.07, 6.45) is 15.0. The quantitative estimate of drug-likeness (QED) is 0.394. The number of hydrogen-bond acceptors (Lipinski definition) is 6. The number of dihydropyridines is 2. The van der Waals surface area contributed by atoms with Gasteiger partial charge in [-0.2, -0.15) is 0 Å². The average molecular weight is 304 g/mol. The molecule has 2 aliphatic rings. The molecule has 0 fully saturated rings. The van der Waals surface area contributed by atoms with Crippen molar-refractivity contribution >= 4 is 0 Å². The fourth-order valence-corrected chi connectivity index (χ4v) is 3.17. The Morgan fingerprint density at radius 1 is 0.955 bits per heavy atom. The van der Waals surface area contributed by atoms with Crippen molar-refractivity contribution in [1.82, 2.24) is 10.6 Å². The lowest BCUT2D eigenvalue weighted by molar-refractivity contribution is 0.167. The molecule has 122 valence electrons. The lowest BCUT2D eigenvalue weighted by Gasteiger charge is -2.47. The van der Waals surface area contributed by atoms with E-state index in [1.165, 1.54) is 0 Å². The highest BCUT2D eigenvalue weighted by molar-refractivity contribution is 5.33. The van der Waals surface area contributed by atoms with Crippen LogP contribution in [0.2, 0.25) is 0 Å². The Morgan fingerprint density at radius 3 is 1.86 bits per heavy atom. The third-order valence-corrected chi connectivity index (χ3v) is 4.28. The summed E-state index contributed by atoms with van der Waals surface area (Å²) in [6.45, 7) is 2.17. The highest BCUT2D eigenvalue weighted by Gasteiger charge is 2.45. The first-order chi connectivity index (χ1) is 10.4. The molecule has 0 amide bonds. The van der Waals surface area contributed by atoms with Gasteiger partial charge in [0.1, 0.15) is 11.3 Å². The fourth-order valence-electron chi connectivity index (χ4n) is 3.17. The van der Waals surface area contributed by atoms with Crippen molar-refractivity contribution in [1.29, 1.82) is 0 Å². The predicted molar refractivity (Wildman–Crippen MR) is 90.6 cm³/mol. The van der Waals surface area contributed by atoms with Crippen LogP contribution < -0.4 is 33.6 Å². The summed E-state index contributed by atoms with van der Waals surface area (Å²) in [4.78, 5) is 0. The smallest absolute Gasteiger partial charge is 0.114 e. The van der Waals surface area contributed by atoms with Gasteiger partial charge in [0.25, 0.3) is 0 Å². The maximum atomic E-state index is 6.60. The zero-order chi connectivity index (χ0) is 16.2. The Hall–Kier alpha value is -1.92. The first-order valence-electron chi connectivity index (χ1n) is 7.82. The standard InChI is InChI=1S/C16H28N6/c1-2-3-4-5-14(15(19)10-12(17)6-8-21-15)16(20)11-13(18)7-9-22-16/h6-11,14,21-22H,2-5,17-20H2,1H3. The fraction of sp³-hybridized carbons (Fsp3) is 0.500. The second-order valence-corrected chi connectivity index (χ2v) is 6.16. The number of nitrogens with two attached hydrogens (primary N) is 4. The van der Waals surface area contributed by atoms with Crippen LogP contribution in [0.25, 0.3) is 0 Å². The van der Waals surface area contributed by atoms with Gasteiger partial charge in [-0.3, -0.25) is 0 Å². The Bertz CT molecular complexity index is 479. The van der Waals surface area contributed by atoms with E-state index in [1.54, 1.807) is 24.6 Å². The van der Waals surface area contributed by atoms with Crippen LogP contribution >= 0.6 is 0 Å². The third-order valence-electron chi connectivity index (χ3n) is 4.28. The van der Waals surface area contributed by atoms with Gasteiger partial charge in [-0.25, -0.2) is 0 Å². The van der Waals surface area contributed by atoms with Crippen molar-refractivity contribution in [3.05, 3.63) is 48.1 Å². The molecule has 0 saturated heterocycles. The van der Waals surface area contributed by atoms with E-state index in [2.05, 4.69) is 17.6 Å². The molecule has 2 aliphatic heterocycles. The van der Waals surface area contributed by atoms with E-state index in [0.29, 0.717) is 11.4 Å². The van der Waals surface area contributed by atoms with Gasteiger partial charge in [-0.15, -0.1) is 0 Å². The van der Waals surface area contributed by atoms with Gasteiger partial charge in [-0.05, 0) is 30.7 Å². The molecule has 2 atom stereocenters. The van der Waals surface area contributed by atoms with Crippen LogP contribution in [0.5, 0.6) is 0 Å². The van der Waals surface area contributed by atoms with Crippen LogP contribution in [0.3, 0.4) is 0 Å². The van der Waals surface area contributed by atoms with Crippen molar-refractivity contribution in [3.8, 4) is 0 Å². The van der Waals surface area contributed by atoms with Gasteiger partial charge < -0.3 is 33.6 Å². The highest BCUT2D eigenvalue weighted by Crippen LogP contribution is 2.32. The first-order valence-corrected chi connectivity index (χ1v) is 7.82. The molecule has 0 spiro atoms. The largest absolute Gasteiger partial charge is 0.399 e. The van der Waals surface area contributed by atoms with Crippen molar-refractivity contribution in [2.45, 2.75) is 43.9 Å². The topological polar surface area (TPSA) is 128 Å². The number of allylic oxidation sites excluding steroid dienone is 2. The zero-order valence-corrected chi connectivity index (χ0v) is 13.2.